The Morgan fingerprint density at radius 2 is 1.44 bits per heavy atom. The van der Waals surface area contributed by atoms with Crippen LogP contribution in [0.4, 0.5) is 0 Å². The molecule has 9 heteroatoms. The third kappa shape index (κ3) is 8.14. The summed E-state index contributed by atoms with van der Waals surface area (Å²) in [4.78, 5) is 25.5. The predicted octanol–water partition coefficient (Wildman–Crippen LogP) is 4.35. The molecule has 226 valence electrons. The molecule has 3 aromatic rings. The zero-order chi connectivity index (χ0) is 30.8. The smallest absolute Gasteiger partial charge is 0.338 e. The van der Waals surface area contributed by atoms with E-state index >= 15 is 0 Å². The lowest BCUT2D eigenvalue weighted by molar-refractivity contribution is -0.222. The molecule has 9 nitrogen and oxygen atoms in total. The number of terminal acetylenes is 1. The summed E-state index contributed by atoms with van der Waals surface area (Å²) in [5.74, 6) is 1.96. The molecule has 1 aliphatic rings. The molecule has 4 rings (SSSR count). The third-order valence-electron chi connectivity index (χ3n) is 7.29. The number of rotatable bonds is 12. The van der Waals surface area contributed by atoms with E-state index in [4.69, 9.17) is 34.8 Å². The molecule has 1 aliphatic carbocycles. The zero-order valence-corrected chi connectivity index (χ0v) is 24.4. The summed E-state index contributed by atoms with van der Waals surface area (Å²) < 4.78 is 34.4. The molecule has 0 bridgehead atoms. The Kier molecular flexibility index (Phi) is 10.8. The summed E-state index contributed by atoms with van der Waals surface area (Å²) in [6.07, 6.45) is 2.38. The predicted molar refractivity (Wildman–Crippen MR) is 157 cm³/mol. The molecule has 1 saturated carbocycles. The maximum absolute atomic E-state index is 13.2. The number of benzene rings is 3. The molecule has 0 aliphatic heterocycles. The van der Waals surface area contributed by atoms with E-state index in [2.05, 4.69) is 5.92 Å². The Morgan fingerprint density at radius 1 is 0.860 bits per heavy atom. The molecule has 0 radical (unpaired) electrons. The molecule has 0 amide bonds. The Morgan fingerprint density at radius 3 is 1.98 bits per heavy atom. The number of methoxy groups -OCH3 is 2. The van der Waals surface area contributed by atoms with E-state index < -0.39 is 41.8 Å². The lowest BCUT2D eigenvalue weighted by atomic mass is 9.72. The molecule has 43 heavy (non-hydrogen) atoms. The van der Waals surface area contributed by atoms with Crippen molar-refractivity contribution < 1.29 is 43.1 Å². The van der Waals surface area contributed by atoms with Crippen molar-refractivity contribution in [3.05, 3.63) is 95.6 Å². The highest BCUT2D eigenvalue weighted by molar-refractivity contribution is 5.89. The summed E-state index contributed by atoms with van der Waals surface area (Å²) in [6.45, 7) is 1.66. The summed E-state index contributed by atoms with van der Waals surface area (Å²) in [7, 11) is 3.16. The van der Waals surface area contributed by atoms with Crippen molar-refractivity contribution in [3.8, 4) is 23.8 Å². The van der Waals surface area contributed by atoms with Gasteiger partial charge < -0.3 is 33.5 Å². The highest BCUT2D eigenvalue weighted by Crippen LogP contribution is 2.39. The van der Waals surface area contributed by atoms with Crippen molar-refractivity contribution in [1.29, 1.82) is 0 Å². The molecule has 1 N–H and O–H groups in total. The zero-order valence-electron chi connectivity index (χ0n) is 24.4. The lowest BCUT2D eigenvalue weighted by Gasteiger charge is -2.47. The minimum Gasteiger partial charge on any atom is -0.497 e. The van der Waals surface area contributed by atoms with Gasteiger partial charge in [0.05, 0.1) is 39.6 Å². The third-order valence-corrected chi connectivity index (χ3v) is 7.29. The van der Waals surface area contributed by atoms with Crippen LogP contribution < -0.4 is 9.47 Å². The molecule has 0 spiro atoms. The first-order valence-electron chi connectivity index (χ1n) is 13.8. The maximum atomic E-state index is 13.2. The fourth-order valence-corrected chi connectivity index (χ4v) is 5.06. The average Bonchev–Trinajstić information content (AvgIpc) is 3.03. The van der Waals surface area contributed by atoms with Gasteiger partial charge in [-0.15, -0.1) is 6.42 Å². The van der Waals surface area contributed by atoms with Crippen LogP contribution in [0.1, 0.15) is 34.8 Å². The maximum Gasteiger partial charge on any atom is 0.338 e. The first kappa shape index (κ1) is 31.6. The molecule has 0 heterocycles. The highest BCUT2D eigenvalue weighted by Gasteiger charge is 2.56. The van der Waals surface area contributed by atoms with Gasteiger partial charge in [-0.2, -0.15) is 0 Å². The molecule has 0 saturated heterocycles. The van der Waals surface area contributed by atoms with Crippen molar-refractivity contribution in [3.63, 3.8) is 0 Å². The van der Waals surface area contributed by atoms with Crippen molar-refractivity contribution >= 4 is 11.9 Å². The SMILES string of the molecule is C#C[C@]1(O)C[C@H](COCc2ccc(OC)cc2)[C@@H](OC(C)=O)[C@H](OCc2ccc(OC)cc2)[C@H]1OC(=O)c1ccccc1. The first-order valence-corrected chi connectivity index (χ1v) is 13.8. The van der Waals surface area contributed by atoms with E-state index in [1.54, 1.807) is 56.7 Å². The van der Waals surface area contributed by atoms with E-state index in [0.29, 0.717) is 5.75 Å². The number of carbonyl (C=O) groups excluding carboxylic acids is 2. The first-order chi connectivity index (χ1) is 20.8. The molecular weight excluding hydrogens is 552 g/mol. The van der Waals surface area contributed by atoms with Crippen LogP contribution in [0, 0.1) is 18.3 Å². The second-order valence-electron chi connectivity index (χ2n) is 10.3. The summed E-state index contributed by atoms with van der Waals surface area (Å²) >= 11 is 0. The number of aliphatic hydroxyl groups is 1. The van der Waals surface area contributed by atoms with Gasteiger partial charge in [-0.25, -0.2) is 4.79 Å². The lowest BCUT2D eigenvalue weighted by Crippen LogP contribution is -2.64. The van der Waals surface area contributed by atoms with Crippen LogP contribution in [0.2, 0.25) is 0 Å². The highest BCUT2D eigenvalue weighted by atomic mass is 16.6. The van der Waals surface area contributed by atoms with Crippen LogP contribution in [0.15, 0.2) is 78.9 Å². The second kappa shape index (κ2) is 14.7. The number of esters is 2. The summed E-state index contributed by atoms with van der Waals surface area (Å²) in [6, 6.07) is 22.9. The largest absolute Gasteiger partial charge is 0.497 e. The minimum absolute atomic E-state index is 0.0475. The standard InChI is InChI=1S/C34H36O9/c1-5-34(37)19-27(22-40-20-24-11-15-28(38-3)16-12-24)30(42-23(2)35)31(41-21-25-13-17-29(39-4)18-14-25)32(34)43-33(36)26-9-7-6-8-10-26/h1,6-18,27,30-32,37H,19-22H2,2-4H3/t27-,30-,31+,32-,34+/m1/s1. The fraction of sp³-hybridized carbons (Fsp3) is 0.353. The van der Waals surface area contributed by atoms with Gasteiger partial charge in [0.1, 0.15) is 23.7 Å². The van der Waals surface area contributed by atoms with Gasteiger partial charge in [0, 0.05) is 12.8 Å². The topological polar surface area (TPSA) is 110 Å². The Labute approximate surface area is 251 Å². The van der Waals surface area contributed by atoms with Gasteiger partial charge in [0.25, 0.3) is 0 Å². The molecule has 5 atom stereocenters. The number of ether oxygens (including phenoxy) is 6. The molecule has 0 unspecified atom stereocenters. The minimum atomic E-state index is -1.94. The molecule has 0 aromatic heterocycles. The van der Waals surface area contributed by atoms with Crippen molar-refractivity contribution in [2.75, 3.05) is 20.8 Å². The van der Waals surface area contributed by atoms with Gasteiger partial charge in [-0.1, -0.05) is 48.4 Å². The summed E-state index contributed by atoms with van der Waals surface area (Å²) in [5, 5.41) is 11.7. The quantitative estimate of drug-likeness (QED) is 0.244. The van der Waals surface area contributed by atoms with E-state index in [9.17, 15) is 14.7 Å². The van der Waals surface area contributed by atoms with Crippen molar-refractivity contribution in [1.82, 2.24) is 0 Å². The van der Waals surface area contributed by atoms with Gasteiger partial charge in [-0.05, 0) is 53.9 Å². The van der Waals surface area contributed by atoms with Crippen LogP contribution in [-0.4, -0.2) is 61.8 Å². The van der Waals surface area contributed by atoms with Gasteiger partial charge >= 0.3 is 11.9 Å². The average molecular weight is 589 g/mol. The van der Waals surface area contributed by atoms with Crippen LogP contribution in [-0.2, 0) is 37.0 Å². The summed E-state index contributed by atoms with van der Waals surface area (Å²) in [5.41, 5.74) is -0.00276. The Balaban J connectivity index is 1.62. The monoisotopic (exact) mass is 588 g/mol. The van der Waals surface area contributed by atoms with Crippen LogP contribution >= 0.6 is 0 Å². The van der Waals surface area contributed by atoms with E-state index in [1.165, 1.54) is 6.92 Å². The van der Waals surface area contributed by atoms with E-state index in [1.807, 2.05) is 36.4 Å². The molecule has 1 fully saturated rings. The molecular formula is C34H36O9. The normalized spacial score (nSPS) is 23.0. The van der Waals surface area contributed by atoms with Crippen molar-refractivity contribution in [2.24, 2.45) is 5.92 Å². The van der Waals surface area contributed by atoms with Gasteiger partial charge in [0.2, 0.25) is 0 Å². The van der Waals surface area contributed by atoms with Crippen LogP contribution in [0.3, 0.4) is 0 Å². The van der Waals surface area contributed by atoms with Crippen molar-refractivity contribution in [2.45, 2.75) is 50.5 Å². The number of hydrogen-bond donors (Lipinski definition) is 1. The van der Waals surface area contributed by atoms with E-state index in [-0.39, 0.29) is 31.8 Å². The second-order valence-corrected chi connectivity index (χ2v) is 10.3. The van der Waals surface area contributed by atoms with E-state index in [0.717, 1.165) is 16.9 Å². The van der Waals surface area contributed by atoms with Gasteiger partial charge in [-0.3, -0.25) is 4.79 Å². The Hall–Kier alpha value is -4.36. The fourth-order valence-electron chi connectivity index (χ4n) is 5.06. The van der Waals surface area contributed by atoms with Crippen LogP contribution in [0.25, 0.3) is 0 Å². The number of hydrogen-bond acceptors (Lipinski definition) is 9. The van der Waals surface area contributed by atoms with Gasteiger partial charge in [0.15, 0.2) is 11.7 Å². The number of carbonyl (C=O) groups is 2. The Bertz CT molecular complexity index is 1380. The molecule has 3 aromatic carbocycles. The van der Waals surface area contributed by atoms with Crippen LogP contribution in [0.5, 0.6) is 11.5 Å².